The maximum atomic E-state index is 11.3. The third-order valence-corrected chi connectivity index (χ3v) is 3.29. The highest BCUT2D eigenvalue weighted by Crippen LogP contribution is 2.17. The van der Waals surface area contributed by atoms with E-state index in [1.807, 2.05) is 30.3 Å². The number of rotatable bonds is 4. The number of aromatic nitrogens is 2. The molecule has 0 saturated heterocycles. The van der Waals surface area contributed by atoms with Crippen molar-refractivity contribution in [2.24, 2.45) is 0 Å². The Hall–Kier alpha value is -2.47. The second kappa shape index (κ2) is 5.88. The third kappa shape index (κ3) is 3.00. The Balaban J connectivity index is 1.85. The Morgan fingerprint density at radius 2 is 2.10 bits per heavy atom. The van der Waals surface area contributed by atoms with E-state index in [4.69, 9.17) is 4.74 Å². The fourth-order valence-corrected chi connectivity index (χ4v) is 2.30. The van der Waals surface area contributed by atoms with E-state index in [-0.39, 0.29) is 12.3 Å². The highest BCUT2D eigenvalue weighted by molar-refractivity contribution is 5.87. The van der Waals surface area contributed by atoms with Gasteiger partial charge in [0.05, 0.1) is 5.69 Å². The van der Waals surface area contributed by atoms with Gasteiger partial charge in [-0.3, -0.25) is 0 Å². The summed E-state index contributed by atoms with van der Waals surface area (Å²) in [5, 5.41) is 12.4. The first-order valence-electron chi connectivity index (χ1n) is 6.74. The van der Waals surface area contributed by atoms with Gasteiger partial charge in [0.25, 0.3) is 0 Å². The molecule has 0 unspecified atom stereocenters. The molecule has 2 N–H and O–H groups in total. The minimum Gasteiger partial charge on any atom is -0.486 e. The summed E-state index contributed by atoms with van der Waals surface area (Å²) in [5.74, 6) is 0.0765. The van der Waals surface area contributed by atoms with Crippen LogP contribution in [0.2, 0.25) is 0 Å². The molecule has 2 heterocycles. The smallest absolute Gasteiger partial charge is 0.354 e. The summed E-state index contributed by atoms with van der Waals surface area (Å²) in [6.07, 6.45) is 0.705. The number of nitrogens with zero attached hydrogens (tertiary/aromatic N) is 2. The first kappa shape index (κ1) is 13.5. The number of nitrogens with one attached hydrogen (secondary N) is 1. The molecule has 0 aliphatic carbocycles. The fraction of sp³-hybridized carbons (Fsp3) is 0.267. The highest BCUT2D eigenvalue weighted by Gasteiger charge is 2.21. The van der Waals surface area contributed by atoms with Crippen LogP contribution in [0.15, 0.2) is 30.3 Å². The van der Waals surface area contributed by atoms with Gasteiger partial charge in [0.1, 0.15) is 12.4 Å². The Kier molecular flexibility index (Phi) is 3.79. The number of ether oxygens (including phenoxy) is 1. The molecule has 3 rings (SSSR count). The quantitative estimate of drug-likeness (QED) is 0.883. The summed E-state index contributed by atoms with van der Waals surface area (Å²) in [7, 11) is 0. The molecule has 0 atom stereocenters. The standard InChI is InChI=1S/C15H15N3O3/c19-15(20)14-11-8-16-7-6-12(11)17-13(18-14)9-21-10-4-2-1-3-5-10/h1-5,16H,6-9H2,(H,19,20). The van der Waals surface area contributed by atoms with Crippen LogP contribution in [0.25, 0.3) is 0 Å². The molecule has 0 radical (unpaired) electrons. The second-order valence-corrected chi connectivity index (χ2v) is 4.75. The summed E-state index contributed by atoms with van der Waals surface area (Å²) >= 11 is 0. The lowest BCUT2D eigenvalue weighted by molar-refractivity contribution is 0.0687. The monoisotopic (exact) mass is 285 g/mol. The molecule has 6 nitrogen and oxygen atoms in total. The van der Waals surface area contributed by atoms with Gasteiger partial charge in [-0.05, 0) is 12.1 Å². The highest BCUT2D eigenvalue weighted by atomic mass is 16.5. The van der Waals surface area contributed by atoms with Crippen LogP contribution in [-0.4, -0.2) is 27.6 Å². The zero-order valence-electron chi connectivity index (χ0n) is 11.4. The van der Waals surface area contributed by atoms with Crippen molar-refractivity contribution in [3.05, 3.63) is 53.1 Å². The van der Waals surface area contributed by atoms with Crippen molar-refractivity contribution >= 4 is 5.97 Å². The van der Waals surface area contributed by atoms with E-state index in [1.165, 1.54) is 0 Å². The normalized spacial score (nSPS) is 13.5. The van der Waals surface area contributed by atoms with E-state index in [2.05, 4.69) is 15.3 Å². The summed E-state index contributed by atoms with van der Waals surface area (Å²) in [6.45, 7) is 1.45. The summed E-state index contributed by atoms with van der Waals surface area (Å²) in [6, 6.07) is 9.31. The van der Waals surface area contributed by atoms with Crippen LogP contribution in [0.1, 0.15) is 27.6 Å². The zero-order valence-corrected chi connectivity index (χ0v) is 11.4. The van der Waals surface area contributed by atoms with Crippen LogP contribution < -0.4 is 10.1 Å². The van der Waals surface area contributed by atoms with Crippen molar-refractivity contribution in [3.8, 4) is 5.75 Å². The Bertz CT molecular complexity index is 659. The molecule has 2 aromatic rings. The fourth-order valence-electron chi connectivity index (χ4n) is 2.30. The van der Waals surface area contributed by atoms with Gasteiger partial charge >= 0.3 is 5.97 Å². The van der Waals surface area contributed by atoms with Gasteiger partial charge in [-0.2, -0.15) is 0 Å². The van der Waals surface area contributed by atoms with Gasteiger partial charge in [0.15, 0.2) is 11.5 Å². The van der Waals surface area contributed by atoms with Gasteiger partial charge < -0.3 is 15.2 Å². The Labute approximate surface area is 121 Å². The predicted molar refractivity (Wildman–Crippen MR) is 75.2 cm³/mol. The predicted octanol–water partition coefficient (Wildman–Crippen LogP) is 1.40. The minimum atomic E-state index is -1.03. The van der Waals surface area contributed by atoms with Crippen molar-refractivity contribution in [2.75, 3.05) is 6.54 Å². The average Bonchev–Trinajstić information content (AvgIpc) is 2.53. The molecule has 1 aliphatic heterocycles. The molecule has 6 heteroatoms. The van der Waals surface area contributed by atoms with Crippen molar-refractivity contribution < 1.29 is 14.6 Å². The average molecular weight is 285 g/mol. The van der Waals surface area contributed by atoms with E-state index in [0.29, 0.717) is 30.1 Å². The largest absolute Gasteiger partial charge is 0.486 e. The molecular weight excluding hydrogens is 270 g/mol. The molecule has 0 saturated carbocycles. The SMILES string of the molecule is O=C(O)c1nc(COc2ccccc2)nc2c1CNCC2. The molecule has 0 fully saturated rings. The number of hydrogen-bond acceptors (Lipinski definition) is 5. The molecule has 108 valence electrons. The van der Waals surface area contributed by atoms with Gasteiger partial charge in [0.2, 0.25) is 0 Å². The summed E-state index contributed by atoms with van der Waals surface area (Å²) in [5.41, 5.74) is 1.55. The molecule has 0 spiro atoms. The van der Waals surface area contributed by atoms with E-state index in [0.717, 1.165) is 12.2 Å². The lowest BCUT2D eigenvalue weighted by Crippen LogP contribution is -2.28. The number of aromatic carboxylic acids is 1. The summed E-state index contributed by atoms with van der Waals surface area (Å²) < 4.78 is 5.58. The van der Waals surface area contributed by atoms with Gasteiger partial charge in [0, 0.05) is 25.1 Å². The Morgan fingerprint density at radius 3 is 2.86 bits per heavy atom. The van der Waals surface area contributed by atoms with Gasteiger partial charge in [-0.1, -0.05) is 18.2 Å². The van der Waals surface area contributed by atoms with Gasteiger partial charge in [-0.25, -0.2) is 14.8 Å². The second-order valence-electron chi connectivity index (χ2n) is 4.75. The zero-order chi connectivity index (χ0) is 14.7. The first-order valence-corrected chi connectivity index (χ1v) is 6.74. The van der Waals surface area contributed by atoms with E-state index in [1.54, 1.807) is 0 Å². The number of para-hydroxylation sites is 1. The van der Waals surface area contributed by atoms with Crippen LogP contribution in [0, 0.1) is 0 Å². The number of hydrogen-bond donors (Lipinski definition) is 2. The van der Waals surface area contributed by atoms with Crippen molar-refractivity contribution in [2.45, 2.75) is 19.6 Å². The Morgan fingerprint density at radius 1 is 1.29 bits per heavy atom. The topological polar surface area (TPSA) is 84.3 Å². The number of carbonyl (C=O) groups is 1. The van der Waals surface area contributed by atoms with E-state index >= 15 is 0 Å². The van der Waals surface area contributed by atoms with Crippen LogP contribution in [0.4, 0.5) is 0 Å². The van der Waals surface area contributed by atoms with Crippen LogP contribution in [0.3, 0.4) is 0 Å². The summed E-state index contributed by atoms with van der Waals surface area (Å²) in [4.78, 5) is 19.9. The number of fused-ring (bicyclic) bond motifs is 1. The molecule has 1 aromatic carbocycles. The molecule has 0 bridgehead atoms. The molecule has 0 amide bonds. The van der Waals surface area contributed by atoms with Crippen LogP contribution in [-0.2, 0) is 19.6 Å². The maximum absolute atomic E-state index is 11.3. The van der Waals surface area contributed by atoms with Crippen molar-refractivity contribution in [1.82, 2.24) is 15.3 Å². The van der Waals surface area contributed by atoms with Crippen LogP contribution >= 0.6 is 0 Å². The van der Waals surface area contributed by atoms with Crippen molar-refractivity contribution in [1.29, 1.82) is 0 Å². The molecule has 1 aliphatic rings. The number of benzene rings is 1. The lowest BCUT2D eigenvalue weighted by Gasteiger charge is -2.18. The van der Waals surface area contributed by atoms with Crippen molar-refractivity contribution in [3.63, 3.8) is 0 Å². The maximum Gasteiger partial charge on any atom is 0.354 e. The minimum absolute atomic E-state index is 0.0684. The van der Waals surface area contributed by atoms with E-state index < -0.39 is 5.97 Å². The first-order chi connectivity index (χ1) is 10.2. The third-order valence-electron chi connectivity index (χ3n) is 3.29. The number of carboxylic acid groups (broad SMARTS) is 1. The van der Waals surface area contributed by atoms with E-state index in [9.17, 15) is 9.90 Å². The molecular formula is C15H15N3O3. The molecule has 1 aromatic heterocycles. The number of carboxylic acids is 1. The van der Waals surface area contributed by atoms with Gasteiger partial charge in [-0.15, -0.1) is 0 Å². The molecule has 21 heavy (non-hydrogen) atoms. The van der Waals surface area contributed by atoms with Crippen LogP contribution in [0.5, 0.6) is 5.75 Å². The lowest BCUT2D eigenvalue weighted by atomic mass is 10.1.